The highest BCUT2D eigenvalue weighted by Crippen LogP contribution is 2.36. The molecule has 4 unspecified atom stereocenters. The van der Waals surface area contributed by atoms with Gasteiger partial charge in [0, 0.05) is 0 Å². The second-order valence-electron chi connectivity index (χ2n) is 3.57. The first-order valence-electron chi connectivity index (χ1n) is 3.72. The summed E-state index contributed by atoms with van der Waals surface area (Å²) in [5.41, 5.74) is -3.01. The van der Waals surface area contributed by atoms with Gasteiger partial charge in [0.15, 0.2) is 6.29 Å². The number of rotatable bonds is 1. The van der Waals surface area contributed by atoms with Crippen LogP contribution in [0.25, 0.3) is 0 Å². The maximum absolute atomic E-state index is 9.46. The van der Waals surface area contributed by atoms with Crippen LogP contribution in [-0.2, 0) is 4.74 Å². The molecule has 0 spiro atoms. The van der Waals surface area contributed by atoms with Crippen molar-refractivity contribution in [3.8, 4) is 0 Å². The number of aliphatic hydroxyl groups excluding tert-OH is 3. The fourth-order valence-electron chi connectivity index (χ4n) is 1.32. The highest BCUT2D eigenvalue weighted by atomic mass is 16.7. The predicted octanol–water partition coefficient (Wildman–Crippen LogP) is -1.80. The third-order valence-electron chi connectivity index (χ3n) is 2.33. The van der Waals surface area contributed by atoms with Gasteiger partial charge in [-0.1, -0.05) is 0 Å². The predicted molar refractivity (Wildman–Crippen MR) is 39.2 cm³/mol. The first-order chi connectivity index (χ1) is 5.34. The standard InChI is InChI=1S/C7H14O5/c1-6(3-8)4(9)7(2,11)5(10)12-6/h4-5,8-11H,3H2,1-2H3. The molecule has 72 valence electrons. The van der Waals surface area contributed by atoms with Crippen LogP contribution in [0.3, 0.4) is 0 Å². The molecule has 5 nitrogen and oxygen atoms in total. The summed E-state index contributed by atoms with van der Waals surface area (Å²) in [6.07, 6.45) is -2.77. The largest absolute Gasteiger partial charge is 0.393 e. The molecule has 1 saturated heterocycles. The summed E-state index contributed by atoms with van der Waals surface area (Å²) in [5, 5.41) is 36.9. The lowest BCUT2D eigenvalue weighted by molar-refractivity contribution is -0.185. The first-order valence-corrected chi connectivity index (χ1v) is 3.72. The zero-order valence-electron chi connectivity index (χ0n) is 7.06. The van der Waals surface area contributed by atoms with E-state index in [4.69, 9.17) is 14.9 Å². The number of hydrogen-bond donors (Lipinski definition) is 4. The molecule has 0 radical (unpaired) electrons. The highest BCUT2D eigenvalue weighted by molar-refractivity contribution is 5.03. The van der Waals surface area contributed by atoms with Gasteiger partial charge in [-0.05, 0) is 13.8 Å². The Hall–Kier alpha value is -0.200. The summed E-state index contributed by atoms with van der Waals surface area (Å²) in [6, 6.07) is 0. The molecule has 0 bridgehead atoms. The van der Waals surface area contributed by atoms with Crippen molar-refractivity contribution in [2.75, 3.05) is 6.61 Å². The van der Waals surface area contributed by atoms with Gasteiger partial charge in [0.05, 0.1) is 6.61 Å². The average Bonchev–Trinajstić information content (AvgIpc) is 2.14. The third-order valence-corrected chi connectivity index (χ3v) is 2.33. The van der Waals surface area contributed by atoms with Gasteiger partial charge in [0.2, 0.25) is 0 Å². The Bertz CT molecular complexity index is 181. The lowest BCUT2D eigenvalue weighted by Crippen LogP contribution is -2.50. The minimum atomic E-state index is -1.72. The van der Waals surface area contributed by atoms with E-state index in [-0.39, 0.29) is 0 Å². The molecule has 0 aliphatic carbocycles. The molecule has 1 heterocycles. The second kappa shape index (κ2) is 2.65. The molecule has 4 atom stereocenters. The molecule has 1 aliphatic heterocycles. The van der Waals surface area contributed by atoms with Crippen molar-refractivity contribution < 1.29 is 25.2 Å². The molecule has 0 saturated carbocycles. The summed E-state index contributed by atoms with van der Waals surface area (Å²) in [6.45, 7) is 2.22. The normalized spacial score (nSPS) is 54.5. The smallest absolute Gasteiger partial charge is 0.187 e. The molecule has 0 amide bonds. The van der Waals surface area contributed by atoms with E-state index in [0.29, 0.717) is 0 Å². The van der Waals surface area contributed by atoms with Gasteiger partial charge in [-0.3, -0.25) is 0 Å². The summed E-state index contributed by atoms with van der Waals surface area (Å²) in [4.78, 5) is 0. The van der Waals surface area contributed by atoms with Gasteiger partial charge < -0.3 is 25.2 Å². The summed E-state index contributed by atoms with van der Waals surface area (Å²) in [5.74, 6) is 0. The molecule has 12 heavy (non-hydrogen) atoms. The van der Waals surface area contributed by atoms with Crippen LogP contribution in [0.4, 0.5) is 0 Å². The molecule has 1 rings (SSSR count). The van der Waals surface area contributed by atoms with Crippen molar-refractivity contribution in [3.05, 3.63) is 0 Å². The Labute approximate surface area is 70.2 Å². The quantitative estimate of drug-likeness (QED) is 0.380. The van der Waals surface area contributed by atoms with Crippen molar-refractivity contribution >= 4 is 0 Å². The van der Waals surface area contributed by atoms with E-state index in [0.717, 1.165) is 0 Å². The van der Waals surface area contributed by atoms with Crippen LogP contribution in [0, 0.1) is 0 Å². The number of hydrogen-bond acceptors (Lipinski definition) is 5. The summed E-state index contributed by atoms with van der Waals surface area (Å²) < 4.78 is 4.83. The molecular weight excluding hydrogens is 164 g/mol. The van der Waals surface area contributed by atoms with E-state index in [1.54, 1.807) is 0 Å². The van der Waals surface area contributed by atoms with Crippen LogP contribution in [0.5, 0.6) is 0 Å². The van der Waals surface area contributed by atoms with E-state index in [9.17, 15) is 10.2 Å². The molecule has 0 aromatic heterocycles. The zero-order chi connectivity index (χ0) is 9.57. The first kappa shape index (κ1) is 9.88. The van der Waals surface area contributed by atoms with Crippen molar-refractivity contribution in [2.24, 2.45) is 0 Å². The van der Waals surface area contributed by atoms with Crippen LogP contribution in [0.15, 0.2) is 0 Å². The van der Waals surface area contributed by atoms with Gasteiger partial charge in [0.25, 0.3) is 0 Å². The number of ether oxygens (including phenoxy) is 1. The molecule has 1 fully saturated rings. The average molecular weight is 178 g/mol. The summed E-state index contributed by atoms with van der Waals surface area (Å²) in [7, 11) is 0. The van der Waals surface area contributed by atoms with Gasteiger partial charge in [-0.15, -0.1) is 0 Å². The van der Waals surface area contributed by atoms with Crippen LogP contribution in [0.2, 0.25) is 0 Å². The van der Waals surface area contributed by atoms with E-state index < -0.39 is 30.2 Å². The van der Waals surface area contributed by atoms with Crippen molar-refractivity contribution in [2.45, 2.75) is 37.4 Å². The molecule has 0 aromatic rings. The van der Waals surface area contributed by atoms with Crippen LogP contribution >= 0.6 is 0 Å². The topological polar surface area (TPSA) is 90.2 Å². The SMILES string of the molecule is CC1(CO)OC(O)C(C)(O)C1O. The van der Waals surface area contributed by atoms with Gasteiger partial charge >= 0.3 is 0 Å². The summed E-state index contributed by atoms with van der Waals surface area (Å²) >= 11 is 0. The third kappa shape index (κ3) is 1.14. The van der Waals surface area contributed by atoms with Gasteiger partial charge in [-0.25, -0.2) is 0 Å². The van der Waals surface area contributed by atoms with Crippen LogP contribution < -0.4 is 0 Å². The maximum Gasteiger partial charge on any atom is 0.187 e. The fourth-order valence-corrected chi connectivity index (χ4v) is 1.32. The maximum atomic E-state index is 9.46. The number of aliphatic hydroxyl groups is 4. The Kier molecular flexibility index (Phi) is 2.18. The minimum absolute atomic E-state index is 0.457. The molecular formula is C7H14O5. The zero-order valence-corrected chi connectivity index (χ0v) is 7.06. The highest BCUT2D eigenvalue weighted by Gasteiger charge is 2.57. The van der Waals surface area contributed by atoms with E-state index >= 15 is 0 Å². The Morgan fingerprint density at radius 2 is 1.83 bits per heavy atom. The van der Waals surface area contributed by atoms with Crippen molar-refractivity contribution in [1.29, 1.82) is 0 Å². The second-order valence-corrected chi connectivity index (χ2v) is 3.57. The van der Waals surface area contributed by atoms with Crippen LogP contribution in [-0.4, -0.2) is 50.6 Å². The monoisotopic (exact) mass is 178 g/mol. The van der Waals surface area contributed by atoms with Gasteiger partial charge in [-0.2, -0.15) is 0 Å². The van der Waals surface area contributed by atoms with E-state index in [2.05, 4.69) is 0 Å². The minimum Gasteiger partial charge on any atom is -0.393 e. The van der Waals surface area contributed by atoms with E-state index in [1.807, 2.05) is 0 Å². The van der Waals surface area contributed by atoms with Gasteiger partial charge in [0.1, 0.15) is 17.3 Å². The Morgan fingerprint density at radius 1 is 1.33 bits per heavy atom. The van der Waals surface area contributed by atoms with E-state index in [1.165, 1.54) is 13.8 Å². The van der Waals surface area contributed by atoms with Crippen molar-refractivity contribution in [1.82, 2.24) is 0 Å². The lowest BCUT2D eigenvalue weighted by atomic mass is 9.90. The molecule has 0 aromatic carbocycles. The van der Waals surface area contributed by atoms with Crippen molar-refractivity contribution in [3.63, 3.8) is 0 Å². The molecule has 1 aliphatic rings. The van der Waals surface area contributed by atoms with Crippen LogP contribution in [0.1, 0.15) is 13.8 Å². The lowest BCUT2D eigenvalue weighted by Gasteiger charge is -2.27. The Balaban J connectivity index is 2.90. The molecule has 5 heteroatoms. The Morgan fingerprint density at radius 3 is 2.00 bits per heavy atom. The fraction of sp³-hybridized carbons (Fsp3) is 1.00. The molecule has 4 N–H and O–H groups in total.